The zero-order valence-electron chi connectivity index (χ0n) is 19.2. The molecule has 0 aliphatic heterocycles. The summed E-state index contributed by atoms with van der Waals surface area (Å²) in [4.78, 5) is 12.7. The van der Waals surface area contributed by atoms with Crippen LogP contribution in [0.4, 0.5) is 0 Å². The highest BCUT2D eigenvalue weighted by Gasteiger charge is 2.32. The van der Waals surface area contributed by atoms with Gasteiger partial charge >= 0.3 is 5.97 Å². The molecule has 1 aromatic heterocycles. The van der Waals surface area contributed by atoms with Crippen LogP contribution in [-0.4, -0.2) is 59.5 Å². The SMILES string of the molecule is CN(C)CCOC(c1ccccc1)c1ccnn1C.NCC1(CC(=O)O)CCCCC1. The van der Waals surface area contributed by atoms with Crippen molar-refractivity contribution in [2.24, 2.45) is 18.2 Å². The summed E-state index contributed by atoms with van der Waals surface area (Å²) < 4.78 is 7.93. The molecule has 2 aromatic rings. The van der Waals surface area contributed by atoms with Gasteiger partial charge in [0, 0.05) is 19.8 Å². The number of hydrogen-bond donors (Lipinski definition) is 2. The van der Waals surface area contributed by atoms with Gasteiger partial charge in [-0.25, -0.2) is 0 Å². The number of likely N-dealkylation sites (N-methyl/N-ethyl adjacent to an activating group) is 1. The second-order valence-corrected chi connectivity index (χ2v) is 8.68. The number of ether oxygens (including phenoxy) is 1. The predicted octanol–water partition coefficient (Wildman–Crippen LogP) is 3.46. The van der Waals surface area contributed by atoms with Gasteiger partial charge in [0.2, 0.25) is 0 Å². The maximum atomic E-state index is 10.6. The minimum atomic E-state index is -0.706. The molecule has 0 radical (unpaired) electrons. The van der Waals surface area contributed by atoms with Crippen LogP contribution in [0, 0.1) is 5.41 Å². The Bertz CT molecular complexity index is 770. The van der Waals surface area contributed by atoms with E-state index in [1.54, 1.807) is 6.20 Å². The number of aryl methyl sites for hydroxylation is 1. The van der Waals surface area contributed by atoms with Crippen LogP contribution >= 0.6 is 0 Å². The molecule has 1 aliphatic carbocycles. The third-order valence-corrected chi connectivity index (χ3v) is 5.93. The van der Waals surface area contributed by atoms with Gasteiger partial charge in [-0.1, -0.05) is 49.6 Å². The van der Waals surface area contributed by atoms with Crippen LogP contribution in [0.3, 0.4) is 0 Å². The normalized spacial score (nSPS) is 16.4. The van der Waals surface area contributed by atoms with Gasteiger partial charge in [0.05, 0.1) is 18.7 Å². The van der Waals surface area contributed by atoms with Crippen molar-refractivity contribution in [2.75, 3.05) is 33.8 Å². The lowest BCUT2D eigenvalue weighted by atomic mass is 9.72. The lowest BCUT2D eigenvalue weighted by molar-refractivity contribution is -0.140. The van der Waals surface area contributed by atoms with Gasteiger partial charge in [0.1, 0.15) is 6.10 Å². The van der Waals surface area contributed by atoms with Gasteiger partial charge in [-0.15, -0.1) is 0 Å². The first-order valence-electron chi connectivity index (χ1n) is 11.1. The van der Waals surface area contributed by atoms with Gasteiger partial charge in [0.15, 0.2) is 0 Å². The number of rotatable bonds is 9. The summed E-state index contributed by atoms with van der Waals surface area (Å²) in [6.45, 7) is 2.12. The molecule has 1 aliphatic rings. The van der Waals surface area contributed by atoms with Crippen LogP contribution in [0.2, 0.25) is 0 Å². The fourth-order valence-electron chi connectivity index (χ4n) is 4.05. The molecule has 1 heterocycles. The molecule has 1 unspecified atom stereocenters. The van der Waals surface area contributed by atoms with Crippen LogP contribution < -0.4 is 5.73 Å². The van der Waals surface area contributed by atoms with Crippen LogP contribution in [-0.2, 0) is 16.6 Å². The Morgan fingerprint density at radius 1 is 1.23 bits per heavy atom. The molecule has 1 saturated carbocycles. The van der Waals surface area contributed by atoms with E-state index in [1.165, 1.54) is 6.42 Å². The standard InChI is InChI=1S/C15H21N3O.C9H17NO2/c1-17(2)11-12-19-15(13-7-5-4-6-8-13)14-9-10-16-18(14)3;10-7-9(6-8(11)12)4-2-1-3-5-9/h4-10,15H,11-12H2,1-3H3;1-7,10H2,(H,11,12). The molecule has 172 valence electrons. The van der Waals surface area contributed by atoms with Gasteiger partial charge in [-0.3, -0.25) is 9.48 Å². The van der Waals surface area contributed by atoms with E-state index < -0.39 is 5.97 Å². The Hall–Kier alpha value is -2.22. The number of hydrogen-bond acceptors (Lipinski definition) is 5. The zero-order valence-corrected chi connectivity index (χ0v) is 19.2. The van der Waals surface area contributed by atoms with E-state index in [-0.39, 0.29) is 17.9 Å². The second kappa shape index (κ2) is 12.6. The lowest BCUT2D eigenvalue weighted by Gasteiger charge is -2.34. The zero-order chi connectivity index (χ0) is 22.7. The van der Waals surface area contributed by atoms with Crippen molar-refractivity contribution >= 4 is 5.97 Å². The Labute approximate surface area is 186 Å². The molecule has 1 aromatic carbocycles. The lowest BCUT2D eigenvalue weighted by Crippen LogP contribution is -2.34. The molecular formula is C24H38N4O3. The van der Waals surface area contributed by atoms with Gasteiger partial charge in [0.25, 0.3) is 0 Å². The average Bonchev–Trinajstić information content (AvgIpc) is 3.18. The first-order chi connectivity index (χ1) is 14.9. The number of aliphatic carboxylic acids is 1. The van der Waals surface area contributed by atoms with Gasteiger partial charge < -0.3 is 20.5 Å². The summed E-state index contributed by atoms with van der Waals surface area (Å²) in [5, 5.41) is 12.9. The second-order valence-electron chi connectivity index (χ2n) is 8.68. The van der Waals surface area contributed by atoms with Crippen molar-refractivity contribution in [3.8, 4) is 0 Å². The van der Waals surface area contributed by atoms with E-state index in [0.717, 1.165) is 43.5 Å². The van der Waals surface area contributed by atoms with Crippen molar-refractivity contribution in [2.45, 2.75) is 44.6 Å². The van der Waals surface area contributed by atoms with E-state index in [2.05, 4.69) is 22.1 Å². The van der Waals surface area contributed by atoms with Crippen molar-refractivity contribution in [1.82, 2.24) is 14.7 Å². The Morgan fingerprint density at radius 3 is 2.42 bits per heavy atom. The number of benzene rings is 1. The molecule has 3 N–H and O–H groups in total. The predicted molar refractivity (Wildman–Crippen MR) is 123 cm³/mol. The number of carboxylic acid groups (broad SMARTS) is 1. The summed E-state index contributed by atoms with van der Waals surface area (Å²) in [5.41, 5.74) is 7.78. The Kier molecular flexibility index (Phi) is 10.2. The van der Waals surface area contributed by atoms with Gasteiger partial charge in [-0.05, 0) is 50.5 Å². The molecule has 1 atom stereocenters. The third-order valence-electron chi connectivity index (χ3n) is 5.93. The fraction of sp³-hybridized carbons (Fsp3) is 0.583. The average molecular weight is 431 g/mol. The number of aromatic nitrogens is 2. The quantitative estimate of drug-likeness (QED) is 0.633. The summed E-state index contributed by atoms with van der Waals surface area (Å²) in [5.74, 6) is -0.706. The molecule has 0 saturated heterocycles. The van der Waals surface area contributed by atoms with Crippen LogP contribution in [0.25, 0.3) is 0 Å². The topological polar surface area (TPSA) is 93.6 Å². The maximum absolute atomic E-state index is 10.6. The smallest absolute Gasteiger partial charge is 0.303 e. The van der Waals surface area contributed by atoms with Crippen LogP contribution in [0.1, 0.15) is 55.9 Å². The molecule has 0 spiro atoms. The number of nitrogens with zero attached hydrogens (tertiary/aromatic N) is 3. The minimum Gasteiger partial charge on any atom is -0.481 e. The molecule has 7 nitrogen and oxygen atoms in total. The molecular weight excluding hydrogens is 392 g/mol. The van der Waals surface area contributed by atoms with Gasteiger partial charge in [-0.2, -0.15) is 5.10 Å². The number of carbonyl (C=O) groups is 1. The molecule has 7 heteroatoms. The van der Waals surface area contributed by atoms with E-state index in [4.69, 9.17) is 15.6 Å². The molecule has 0 bridgehead atoms. The molecule has 31 heavy (non-hydrogen) atoms. The molecule has 0 amide bonds. The van der Waals surface area contributed by atoms with Crippen molar-refractivity contribution in [3.05, 3.63) is 53.9 Å². The largest absolute Gasteiger partial charge is 0.481 e. The first-order valence-corrected chi connectivity index (χ1v) is 11.1. The minimum absolute atomic E-state index is 0.0614. The molecule has 3 rings (SSSR count). The third kappa shape index (κ3) is 8.09. The summed E-state index contributed by atoms with van der Waals surface area (Å²) >= 11 is 0. The van der Waals surface area contributed by atoms with Crippen molar-refractivity contribution < 1.29 is 14.6 Å². The summed E-state index contributed by atoms with van der Waals surface area (Å²) in [6, 6.07) is 12.3. The van der Waals surface area contributed by atoms with Crippen LogP contribution in [0.5, 0.6) is 0 Å². The Balaban J connectivity index is 0.000000245. The monoisotopic (exact) mass is 430 g/mol. The highest BCUT2D eigenvalue weighted by molar-refractivity contribution is 5.67. The van der Waals surface area contributed by atoms with Crippen molar-refractivity contribution in [3.63, 3.8) is 0 Å². The number of nitrogens with two attached hydrogens (primary N) is 1. The van der Waals surface area contributed by atoms with E-state index in [0.29, 0.717) is 13.2 Å². The van der Waals surface area contributed by atoms with Crippen molar-refractivity contribution in [1.29, 1.82) is 0 Å². The fourth-order valence-corrected chi connectivity index (χ4v) is 4.05. The summed E-state index contributed by atoms with van der Waals surface area (Å²) in [6.07, 6.45) is 7.51. The highest BCUT2D eigenvalue weighted by atomic mass is 16.5. The number of carboxylic acids is 1. The summed E-state index contributed by atoms with van der Waals surface area (Å²) in [7, 11) is 6.04. The van der Waals surface area contributed by atoms with E-state index >= 15 is 0 Å². The Morgan fingerprint density at radius 2 is 1.90 bits per heavy atom. The van der Waals surface area contributed by atoms with E-state index in [1.807, 2.05) is 50.1 Å². The maximum Gasteiger partial charge on any atom is 0.303 e. The molecule has 1 fully saturated rings. The van der Waals surface area contributed by atoms with E-state index in [9.17, 15) is 4.79 Å². The van der Waals surface area contributed by atoms with Crippen LogP contribution in [0.15, 0.2) is 42.6 Å². The first kappa shape index (κ1) is 25.0. The highest BCUT2D eigenvalue weighted by Crippen LogP contribution is 2.38.